The topological polar surface area (TPSA) is 88.9 Å². The minimum Gasteiger partial charge on any atom is -0.351 e. The van der Waals surface area contributed by atoms with Crippen molar-refractivity contribution >= 4 is 11.8 Å². The Labute approximate surface area is 152 Å². The average molecular weight is 361 g/mol. The number of carbonyl (C=O) groups excluding carboxylic acids is 2. The highest BCUT2D eigenvalue weighted by Gasteiger charge is 2.20. The fourth-order valence-corrected chi connectivity index (χ4v) is 2.62. The van der Waals surface area contributed by atoms with E-state index in [4.69, 9.17) is 0 Å². The Bertz CT molecular complexity index is 760. The minimum atomic E-state index is -0.589. The summed E-state index contributed by atoms with van der Waals surface area (Å²) in [6.07, 6.45) is 2.26. The van der Waals surface area contributed by atoms with E-state index >= 15 is 0 Å². The first-order valence-corrected chi connectivity index (χ1v) is 8.54. The third-order valence-electron chi connectivity index (χ3n) is 3.86. The fourth-order valence-electron chi connectivity index (χ4n) is 2.62. The van der Waals surface area contributed by atoms with Crippen LogP contribution in [-0.4, -0.2) is 33.1 Å². The van der Waals surface area contributed by atoms with Gasteiger partial charge in [0.05, 0.1) is 11.6 Å². The zero-order valence-corrected chi connectivity index (χ0v) is 15.2. The molecule has 7 nitrogen and oxygen atoms in total. The Morgan fingerprint density at radius 1 is 1.27 bits per heavy atom. The molecule has 26 heavy (non-hydrogen) atoms. The van der Waals surface area contributed by atoms with Crippen molar-refractivity contribution in [1.29, 1.82) is 0 Å². The Morgan fingerprint density at radius 2 is 2.00 bits per heavy atom. The van der Waals surface area contributed by atoms with E-state index in [1.165, 1.54) is 24.5 Å². The Hall–Kier alpha value is -2.77. The Kier molecular flexibility index (Phi) is 6.82. The Morgan fingerprint density at radius 3 is 2.62 bits per heavy atom. The van der Waals surface area contributed by atoms with Gasteiger partial charge in [-0.2, -0.15) is 5.10 Å². The summed E-state index contributed by atoms with van der Waals surface area (Å²) in [5, 5.41) is 9.53. The van der Waals surface area contributed by atoms with Gasteiger partial charge >= 0.3 is 0 Å². The van der Waals surface area contributed by atoms with Crippen LogP contribution in [-0.2, 0) is 11.8 Å². The summed E-state index contributed by atoms with van der Waals surface area (Å²) in [5.41, 5.74) is -0.0373. The van der Waals surface area contributed by atoms with Crippen LogP contribution < -0.4 is 10.6 Å². The third kappa shape index (κ3) is 5.37. The van der Waals surface area contributed by atoms with Crippen LogP contribution in [0.1, 0.15) is 48.9 Å². The predicted octanol–water partition coefficient (Wildman–Crippen LogP) is 1.98. The minimum absolute atomic E-state index is 0.0373. The quantitative estimate of drug-likeness (QED) is 0.752. The second-order valence-electron chi connectivity index (χ2n) is 6.48. The standard InChI is InChI=1S/C18H24FN5O2/c1-12(2)10-15(17-21-11-22-24(17)3)23-16(25)8-9-20-18(26)13-6-4-5-7-14(13)19/h4-7,11-12,15H,8-10H2,1-3H3,(H,20,26)(H,23,25). The van der Waals surface area contributed by atoms with Crippen molar-refractivity contribution in [1.82, 2.24) is 25.4 Å². The zero-order valence-electron chi connectivity index (χ0n) is 15.2. The Balaban J connectivity index is 1.87. The number of halogens is 1. The number of rotatable bonds is 8. The van der Waals surface area contributed by atoms with Crippen molar-refractivity contribution < 1.29 is 14.0 Å². The third-order valence-corrected chi connectivity index (χ3v) is 3.86. The molecular weight excluding hydrogens is 337 g/mol. The van der Waals surface area contributed by atoms with Gasteiger partial charge in [0.15, 0.2) is 0 Å². The van der Waals surface area contributed by atoms with Gasteiger partial charge < -0.3 is 10.6 Å². The summed E-state index contributed by atoms with van der Waals surface area (Å²) in [5.74, 6) is -0.302. The maximum atomic E-state index is 13.6. The van der Waals surface area contributed by atoms with Crippen LogP contribution in [0.3, 0.4) is 0 Å². The molecule has 0 aliphatic heterocycles. The molecule has 1 aromatic carbocycles. The van der Waals surface area contributed by atoms with E-state index < -0.39 is 11.7 Å². The lowest BCUT2D eigenvalue weighted by Crippen LogP contribution is -2.34. The molecule has 2 amide bonds. The number of benzene rings is 1. The molecule has 1 atom stereocenters. The summed E-state index contributed by atoms with van der Waals surface area (Å²) in [6, 6.07) is 5.47. The number of aromatic nitrogens is 3. The van der Waals surface area contributed by atoms with Gasteiger partial charge in [-0.1, -0.05) is 26.0 Å². The number of hydrogen-bond donors (Lipinski definition) is 2. The summed E-state index contributed by atoms with van der Waals surface area (Å²) >= 11 is 0. The first-order chi connectivity index (χ1) is 12.4. The second-order valence-corrected chi connectivity index (χ2v) is 6.48. The lowest BCUT2D eigenvalue weighted by atomic mass is 10.0. The molecule has 2 N–H and O–H groups in total. The molecule has 0 saturated carbocycles. The van der Waals surface area contributed by atoms with Crippen LogP contribution in [0.5, 0.6) is 0 Å². The average Bonchev–Trinajstić information content (AvgIpc) is 3.00. The molecule has 1 unspecified atom stereocenters. The van der Waals surface area contributed by atoms with E-state index in [0.29, 0.717) is 11.7 Å². The van der Waals surface area contributed by atoms with Crippen LogP contribution >= 0.6 is 0 Å². The molecule has 140 valence electrons. The molecule has 1 heterocycles. The van der Waals surface area contributed by atoms with Crippen LogP contribution in [0.4, 0.5) is 4.39 Å². The molecule has 8 heteroatoms. The van der Waals surface area contributed by atoms with Gasteiger partial charge in [-0.25, -0.2) is 9.37 Å². The van der Waals surface area contributed by atoms with Crippen LogP contribution in [0.2, 0.25) is 0 Å². The normalized spacial score (nSPS) is 12.0. The van der Waals surface area contributed by atoms with Crippen molar-refractivity contribution in [3.63, 3.8) is 0 Å². The maximum absolute atomic E-state index is 13.6. The molecule has 0 aliphatic carbocycles. The van der Waals surface area contributed by atoms with E-state index in [1.54, 1.807) is 17.8 Å². The van der Waals surface area contributed by atoms with Crippen LogP contribution in [0.25, 0.3) is 0 Å². The molecule has 0 bridgehead atoms. The molecule has 0 spiro atoms. The SMILES string of the molecule is CC(C)CC(NC(=O)CCNC(=O)c1ccccc1F)c1ncnn1C. The number of nitrogens with one attached hydrogen (secondary N) is 2. The van der Waals surface area contributed by atoms with Gasteiger partial charge in [0.2, 0.25) is 5.91 Å². The maximum Gasteiger partial charge on any atom is 0.254 e. The van der Waals surface area contributed by atoms with E-state index in [2.05, 4.69) is 34.6 Å². The van der Waals surface area contributed by atoms with Crippen LogP contribution in [0, 0.1) is 11.7 Å². The van der Waals surface area contributed by atoms with Crippen molar-refractivity contribution in [2.75, 3.05) is 6.54 Å². The highest BCUT2D eigenvalue weighted by molar-refractivity contribution is 5.94. The van der Waals surface area contributed by atoms with Gasteiger partial charge in [0.1, 0.15) is 18.0 Å². The summed E-state index contributed by atoms with van der Waals surface area (Å²) in [6.45, 7) is 4.24. The number of nitrogens with zero attached hydrogens (tertiary/aromatic N) is 3. The van der Waals surface area contributed by atoms with E-state index in [0.717, 1.165) is 6.42 Å². The molecular formula is C18H24FN5O2. The van der Waals surface area contributed by atoms with E-state index in [-0.39, 0.29) is 30.5 Å². The first kappa shape index (κ1) is 19.6. The zero-order chi connectivity index (χ0) is 19.1. The van der Waals surface area contributed by atoms with Gasteiger partial charge in [-0.05, 0) is 24.5 Å². The summed E-state index contributed by atoms with van der Waals surface area (Å²) in [4.78, 5) is 28.4. The molecule has 2 aromatic rings. The lowest BCUT2D eigenvalue weighted by Gasteiger charge is -2.20. The first-order valence-electron chi connectivity index (χ1n) is 8.54. The predicted molar refractivity (Wildman–Crippen MR) is 94.7 cm³/mol. The summed E-state index contributed by atoms with van der Waals surface area (Å²) in [7, 11) is 1.77. The van der Waals surface area contributed by atoms with Gasteiger partial charge in [0, 0.05) is 20.0 Å². The van der Waals surface area contributed by atoms with Crippen molar-refractivity contribution in [3.8, 4) is 0 Å². The van der Waals surface area contributed by atoms with E-state index in [9.17, 15) is 14.0 Å². The monoisotopic (exact) mass is 361 g/mol. The molecule has 0 radical (unpaired) electrons. The van der Waals surface area contributed by atoms with E-state index in [1.807, 2.05) is 0 Å². The highest BCUT2D eigenvalue weighted by Crippen LogP contribution is 2.18. The molecule has 0 saturated heterocycles. The van der Waals surface area contributed by atoms with Gasteiger partial charge in [-0.15, -0.1) is 0 Å². The largest absolute Gasteiger partial charge is 0.351 e. The summed E-state index contributed by atoms with van der Waals surface area (Å²) < 4.78 is 15.2. The number of aryl methyl sites for hydroxylation is 1. The smallest absolute Gasteiger partial charge is 0.254 e. The number of hydrogen-bond acceptors (Lipinski definition) is 4. The molecule has 0 fully saturated rings. The van der Waals surface area contributed by atoms with Gasteiger partial charge in [-0.3, -0.25) is 14.3 Å². The number of carbonyl (C=O) groups is 2. The van der Waals surface area contributed by atoms with Crippen molar-refractivity contribution in [2.45, 2.75) is 32.7 Å². The number of amides is 2. The fraction of sp³-hybridized carbons (Fsp3) is 0.444. The van der Waals surface area contributed by atoms with Crippen molar-refractivity contribution in [3.05, 3.63) is 47.8 Å². The lowest BCUT2D eigenvalue weighted by molar-refractivity contribution is -0.121. The highest BCUT2D eigenvalue weighted by atomic mass is 19.1. The van der Waals surface area contributed by atoms with Gasteiger partial charge in [0.25, 0.3) is 5.91 Å². The second kappa shape index (κ2) is 9.07. The molecule has 0 aliphatic rings. The van der Waals surface area contributed by atoms with Crippen molar-refractivity contribution in [2.24, 2.45) is 13.0 Å². The van der Waals surface area contributed by atoms with Crippen LogP contribution in [0.15, 0.2) is 30.6 Å². The molecule has 2 rings (SSSR count). The molecule has 1 aromatic heterocycles.